The molecule has 0 aliphatic heterocycles. The summed E-state index contributed by atoms with van der Waals surface area (Å²) < 4.78 is 0. The topological polar surface area (TPSA) is 24.1 Å². The van der Waals surface area contributed by atoms with Crippen molar-refractivity contribution in [3.8, 4) is 0 Å². The molecular formula is C18H29ClN2S. The predicted octanol–water partition coefficient (Wildman–Crippen LogP) is 5.63. The van der Waals surface area contributed by atoms with Crippen LogP contribution in [-0.2, 0) is 10.8 Å². The number of anilines is 1. The Kier molecular flexibility index (Phi) is 5.91. The highest BCUT2D eigenvalue weighted by Crippen LogP contribution is 2.38. The lowest BCUT2D eigenvalue weighted by Crippen LogP contribution is -2.34. The van der Waals surface area contributed by atoms with Gasteiger partial charge in [-0.3, -0.25) is 0 Å². The Hall–Kier alpha value is -0.800. The predicted molar refractivity (Wildman–Crippen MR) is 103 cm³/mol. The normalized spacial score (nSPS) is 12.5. The summed E-state index contributed by atoms with van der Waals surface area (Å²) in [5, 5.41) is 8.03. The maximum atomic E-state index is 6.54. The van der Waals surface area contributed by atoms with E-state index in [0.717, 1.165) is 16.3 Å². The van der Waals surface area contributed by atoms with E-state index in [0.29, 0.717) is 11.2 Å². The molecule has 0 heterocycles. The maximum absolute atomic E-state index is 6.54. The SMILES string of the molecule is CC(C)NC(=S)Nc1cc(C(C)(C)C)c(Cl)cc1C(C)(C)C. The molecule has 0 aliphatic carbocycles. The van der Waals surface area contributed by atoms with Crippen molar-refractivity contribution in [3.05, 3.63) is 28.3 Å². The third kappa shape index (κ3) is 5.13. The molecule has 1 aromatic rings. The zero-order valence-electron chi connectivity index (χ0n) is 15.0. The van der Waals surface area contributed by atoms with Crippen molar-refractivity contribution in [1.29, 1.82) is 0 Å². The average Bonchev–Trinajstić information content (AvgIpc) is 2.26. The van der Waals surface area contributed by atoms with Crippen LogP contribution >= 0.6 is 23.8 Å². The van der Waals surface area contributed by atoms with Crippen molar-refractivity contribution >= 4 is 34.6 Å². The first kappa shape index (κ1) is 19.2. The Morgan fingerprint density at radius 3 is 1.91 bits per heavy atom. The summed E-state index contributed by atoms with van der Waals surface area (Å²) in [7, 11) is 0. The smallest absolute Gasteiger partial charge is 0.170 e. The van der Waals surface area contributed by atoms with E-state index < -0.39 is 0 Å². The number of halogens is 1. The van der Waals surface area contributed by atoms with Crippen LogP contribution in [0.5, 0.6) is 0 Å². The van der Waals surface area contributed by atoms with Crippen LogP contribution in [0, 0.1) is 0 Å². The summed E-state index contributed by atoms with van der Waals surface area (Å²) in [6.07, 6.45) is 0. The van der Waals surface area contributed by atoms with Gasteiger partial charge in [0.1, 0.15) is 0 Å². The van der Waals surface area contributed by atoms with Gasteiger partial charge in [-0.1, -0.05) is 53.1 Å². The number of thiocarbonyl (C=S) groups is 1. The summed E-state index contributed by atoms with van der Waals surface area (Å²) in [6.45, 7) is 17.2. The van der Waals surface area contributed by atoms with Gasteiger partial charge in [0.15, 0.2) is 5.11 Å². The molecule has 0 atom stereocenters. The molecule has 0 amide bonds. The molecule has 0 saturated carbocycles. The Morgan fingerprint density at radius 1 is 1.00 bits per heavy atom. The number of nitrogens with one attached hydrogen (secondary N) is 2. The van der Waals surface area contributed by atoms with Crippen molar-refractivity contribution in [2.75, 3.05) is 5.32 Å². The Labute approximate surface area is 146 Å². The average molecular weight is 341 g/mol. The van der Waals surface area contributed by atoms with Crippen LogP contribution in [0.3, 0.4) is 0 Å². The second-order valence-corrected chi connectivity index (χ2v) is 8.95. The minimum absolute atomic E-state index is 0.0168. The van der Waals surface area contributed by atoms with Gasteiger partial charge in [-0.15, -0.1) is 0 Å². The number of rotatable bonds is 2. The molecule has 0 unspecified atom stereocenters. The van der Waals surface area contributed by atoms with Gasteiger partial charge >= 0.3 is 0 Å². The summed E-state index contributed by atoms with van der Waals surface area (Å²) >= 11 is 11.9. The fourth-order valence-corrected chi connectivity index (χ4v) is 3.09. The number of hydrogen-bond donors (Lipinski definition) is 2. The molecule has 124 valence electrons. The summed E-state index contributed by atoms with van der Waals surface area (Å²) in [5.74, 6) is 0. The lowest BCUT2D eigenvalue weighted by atomic mass is 9.81. The minimum atomic E-state index is -0.0180. The minimum Gasteiger partial charge on any atom is -0.360 e. The molecule has 0 bridgehead atoms. The molecule has 0 saturated heterocycles. The fraction of sp³-hybridized carbons (Fsp3) is 0.611. The van der Waals surface area contributed by atoms with Crippen LogP contribution in [0.2, 0.25) is 5.02 Å². The molecule has 22 heavy (non-hydrogen) atoms. The molecule has 1 rings (SSSR count). The van der Waals surface area contributed by atoms with E-state index in [1.54, 1.807) is 0 Å². The van der Waals surface area contributed by atoms with Crippen molar-refractivity contribution < 1.29 is 0 Å². The zero-order valence-corrected chi connectivity index (χ0v) is 16.6. The number of benzene rings is 1. The molecule has 0 aromatic heterocycles. The van der Waals surface area contributed by atoms with E-state index in [4.69, 9.17) is 23.8 Å². The Bertz CT molecular complexity index is 551. The lowest BCUT2D eigenvalue weighted by Gasteiger charge is -2.29. The van der Waals surface area contributed by atoms with Crippen LogP contribution in [0.25, 0.3) is 0 Å². The largest absolute Gasteiger partial charge is 0.360 e. The number of hydrogen-bond acceptors (Lipinski definition) is 1. The van der Waals surface area contributed by atoms with E-state index in [9.17, 15) is 0 Å². The second kappa shape index (κ2) is 6.76. The summed E-state index contributed by atoms with van der Waals surface area (Å²) in [4.78, 5) is 0. The van der Waals surface area contributed by atoms with E-state index in [1.807, 2.05) is 0 Å². The molecule has 0 fully saturated rings. The van der Waals surface area contributed by atoms with E-state index >= 15 is 0 Å². The van der Waals surface area contributed by atoms with Crippen LogP contribution < -0.4 is 10.6 Å². The Balaban J connectivity index is 3.35. The monoisotopic (exact) mass is 340 g/mol. The highest BCUT2D eigenvalue weighted by molar-refractivity contribution is 7.80. The molecule has 1 aromatic carbocycles. The lowest BCUT2D eigenvalue weighted by molar-refractivity contribution is 0.579. The first-order chi connectivity index (χ1) is 9.82. The van der Waals surface area contributed by atoms with Crippen molar-refractivity contribution in [2.45, 2.75) is 72.3 Å². The van der Waals surface area contributed by atoms with Gasteiger partial charge in [-0.05, 0) is 60.2 Å². The van der Waals surface area contributed by atoms with Gasteiger partial charge in [0, 0.05) is 16.8 Å². The van der Waals surface area contributed by atoms with Gasteiger partial charge in [0.25, 0.3) is 0 Å². The van der Waals surface area contributed by atoms with E-state index in [1.165, 1.54) is 5.56 Å². The Morgan fingerprint density at radius 2 is 1.50 bits per heavy atom. The van der Waals surface area contributed by atoms with Crippen molar-refractivity contribution in [1.82, 2.24) is 5.32 Å². The summed E-state index contributed by atoms with van der Waals surface area (Å²) in [6, 6.07) is 4.51. The van der Waals surface area contributed by atoms with Gasteiger partial charge in [0.2, 0.25) is 0 Å². The van der Waals surface area contributed by atoms with Gasteiger partial charge in [-0.2, -0.15) is 0 Å². The molecule has 4 heteroatoms. The van der Waals surface area contributed by atoms with Crippen LogP contribution in [0.1, 0.15) is 66.5 Å². The third-order valence-corrected chi connectivity index (χ3v) is 3.92. The first-order valence-corrected chi connectivity index (χ1v) is 8.53. The van der Waals surface area contributed by atoms with Gasteiger partial charge in [-0.25, -0.2) is 0 Å². The molecule has 2 N–H and O–H groups in total. The van der Waals surface area contributed by atoms with Crippen LogP contribution in [-0.4, -0.2) is 11.2 Å². The molecule has 2 nitrogen and oxygen atoms in total. The van der Waals surface area contributed by atoms with Crippen molar-refractivity contribution in [3.63, 3.8) is 0 Å². The van der Waals surface area contributed by atoms with Crippen LogP contribution in [0.15, 0.2) is 12.1 Å². The van der Waals surface area contributed by atoms with Gasteiger partial charge in [0.05, 0.1) is 0 Å². The summed E-state index contributed by atoms with van der Waals surface area (Å²) in [5.41, 5.74) is 3.28. The maximum Gasteiger partial charge on any atom is 0.170 e. The molecular weight excluding hydrogens is 312 g/mol. The molecule has 0 aliphatic rings. The van der Waals surface area contributed by atoms with E-state index in [2.05, 4.69) is 78.2 Å². The quantitative estimate of drug-likeness (QED) is 0.682. The van der Waals surface area contributed by atoms with Crippen molar-refractivity contribution in [2.24, 2.45) is 0 Å². The van der Waals surface area contributed by atoms with Gasteiger partial charge < -0.3 is 10.6 Å². The van der Waals surface area contributed by atoms with Crippen LogP contribution in [0.4, 0.5) is 5.69 Å². The zero-order chi connectivity index (χ0) is 17.3. The fourth-order valence-electron chi connectivity index (χ4n) is 2.29. The third-order valence-electron chi connectivity index (χ3n) is 3.39. The van der Waals surface area contributed by atoms with E-state index in [-0.39, 0.29) is 10.8 Å². The highest BCUT2D eigenvalue weighted by atomic mass is 35.5. The highest BCUT2D eigenvalue weighted by Gasteiger charge is 2.24. The standard InChI is InChI=1S/C18H29ClN2S/c1-11(2)20-16(22)21-15-10-12(17(3,4)5)14(19)9-13(15)18(6,7)8/h9-11H,1-8H3,(H2,20,21,22). The molecule has 0 radical (unpaired) electrons. The first-order valence-electron chi connectivity index (χ1n) is 7.74. The second-order valence-electron chi connectivity index (χ2n) is 8.13. The molecule has 0 spiro atoms.